The maximum absolute atomic E-state index is 12.8. The molecule has 0 heterocycles. The van der Waals surface area contributed by atoms with Gasteiger partial charge in [0.05, 0.1) is 41.3 Å². The van der Waals surface area contributed by atoms with Gasteiger partial charge >= 0.3 is 11.9 Å². The van der Waals surface area contributed by atoms with Gasteiger partial charge in [0.25, 0.3) is 6.07 Å². The van der Waals surface area contributed by atoms with Crippen molar-refractivity contribution in [2.24, 2.45) is 0 Å². The van der Waals surface area contributed by atoms with Crippen molar-refractivity contribution < 1.29 is 13.2 Å². The fraction of sp³-hybridized carbons (Fsp3) is 0.150. The summed E-state index contributed by atoms with van der Waals surface area (Å²) in [4.78, 5) is 4.01. The zero-order chi connectivity index (χ0) is 20.7. The predicted molar refractivity (Wildman–Crippen MR) is 92.0 cm³/mol. The molecule has 134 valence electrons. The summed E-state index contributed by atoms with van der Waals surface area (Å²) in [5.41, 5.74) is -0.326. The van der Waals surface area contributed by atoms with Gasteiger partial charge in [0.1, 0.15) is 18.1 Å². The highest BCUT2D eigenvalue weighted by molar-refractivity contribution is 5.66. The van der Waals surface area contributed by atoms with Crippen molar-refractivity contribution in [3.63, 3.8) is 0 Å². The van der Waals surface area contributed by atoms with E-state index in [0.29, 0.717) is 11.1 Å². The van der Waals surface area contributed by atoms with E-state index in [9.17, 15) is 18.4 Å². The van der Waals surface area contributed by atoms with Crippen LogP contribution in [0.1, 0.15) is 33.4 Å². The van der Waals surface area contributed by atoms with Gasteiger partial charge in [-0.3, -0.25) is 0 Å². The summed E-state index contributed by atoms with van der Waals surface area (Å²) in [7, 11) is 0. The van der Waals surface area contributed by atoms with Gasteiger partial charge in [-0.15, -0.1) is 0 Å². The Morgan fingerprint density at radius 1 is 0.893 bits per heavy atom. The van der Waals surface area contributed by atoms with Crippen molar-refractivity contribution >= 4 is 5.69 Å². The molecule has 0 N–H and O–H groups in total. The zero-order valence-corrected chi connectivity index (χ0v) is 14.2. The van der Waals surface area contributed by atoms with Crippen LogP contribution in [0.15, 0.2) is 30.3 Å². The van der Waals surface area contributed by atoms with E-state index in [2.05, 4.69) is 10.9 Å². The van der Waals surface area contributed by atoms with E-state index in [0.717, 1.165) is 12.1 Å². The van der Waals surface area contributed by atoms with E-state index in [-0.39, 0.29) is 29.7 Å². The summed E-state index contributed by atoms with van der Waals surface area (Å²) in [5.74, 6) is 0. The summed E-state index contributed by atoms with van der Waals surface area (Å²) in [5, 5.41) is 36.2. The molecule has 0 saturated heterocycles. The largest absolute Gasteiger partial charge is 0.417 e. The van der Waals surface area contributed by atoms with Crippen molar-refractivity contribution in [1.29, 1.82) is 21.0 Å². The zero-order valence-electron chi connectivity index (χ0n) is 14.2. The van der Waals surface area contributed by atoms with E-state index in [1.54, 1.807) is 0 Å². The van der Waals surface area contributed by atoms with Crippen LogP contribution in [0.5, 0.6) is 0 Å². The molecule has 0 fully saturated rings. The van der Waals surface area contributed by atoms with Gasteiger partial charge in [-0.25, -0.2) is 0 Å². The fourth-order valence-corrected chi connectivity index (χ4v) is 2.45. The molecule has 5 nitrogen and oxygen atoms in total. The molecule has 2 rings (SSSR count). The smallest absolute Gasteiger partial charge is 0.198 e. The van der Waals surface area contributed by atoms with Crippen molar-refractivity contribution in [2.75, 3.05) is 0 Å². The van der Waals surface area contributed by atoms with Crippen molar-refractivity contribution in [3.05, 3.63) is 68.6 Å². The molecule has 0 aromatic heterocycles. The van der Waals surface area contributed by atoms with Gasteiger partial charge in [-0.2, -0.15) is 34.2 Å². The summed E-state index contributed by atoms with van der Waals surface area (Å²) < 4.78 is 38.5. The number of alkyl halides is 3. The van der Waals surface area contributed by atoms with Crippen LogP contribution in [0.25, 0.3) is 4.85 Å². The first-order valence-corrected chi connectivity index (χ1v) is 7.72. The Labute approximate surface area is 158 Å². The molecule has 0 radical (unpaired) electrons. The third kappa shape index (κ3) is 4.44. The average Bonchev–Trinajstić information content (AvgIpc) is 2.67. The van der Waals surface area contributed by atoms with Crippen molar-refractivity contribution in [3.8, 4) is 30.3 Å². The molecule has 2 aromatic carbocycles. The second-order valence-electron chi connectivity index (χ2n) is 5.52. The molecule has 0 aliphatic rings. The van der Waals surface area contributed by atoms with Crippen molar-refractivity contribution in [1.82, 2.24) is 0 Å². The van der Waals surface area contributed by atoms with Crippen LogP contribution in [0.4, 0.5) is 18.9 Å². The van der Waals surface area contributed by atoms with Gasteiger partial charge in [0, 0.05) is 6.07 Å². The molecule has 0 atom stereocenters. The Kier molecular flexibility index (Phi) is 5.98. The highest BCUT2D eigenvalue weighted by Crippen LogP contribution is 2.32. The number of benzene rings is 2. The first kappa shape index (κ1) is 20.0. The van der Waals surface area contributed by atoms with Gasteiger partial charge in [0.2, 0.25) is 0 Å². The van der Waals surface area contributed by atoms with Crippen LogP contribution in [-0.2, 0) is 19.0 Å². The van der Waals surface area contributed by atoms with E-state index in [4.69, 9.17) is 15.8 Å². The molecule has 0 saturated carbocycles. The molecule has 0 aliphatic carbocycles. The van der Waals surface area contributed by atoms with Gasteiger partial charge in [0.15, 0.2) is 0 Å². The second kappa shape index (κ2) is 8.37. The summed E-state index contributed by atoms with van der Waals surface area (Å²) in [6.07, 6.45) is -4.72. The van der Waals surface area contributed by atoms with Crippen LogP contribution in [0.3, 0.4) is 0 Å². The molecule has 0 unspecified atom stereocenters. The first-order valence-electron chi connectivity index (χ1n) is 7.72. The Balaban J connectivity index is 2.40. The maximum Gasteiger partial charge on any atom is 0.417 e. The number of hydrogen-bond donors (Lipinski definition) is 0. The van der Waals surface area contributed by atoms with Gasteiger partial charge in [-0.05, 0) is 34.2 Å². The molecular weight excluding hydrogens is 367 g/mol. The highest BCUT2D eigenvalue weighted by atomic mass is 19.4. The van der Waals surface area contributed by atoms with Crippen LogP contribution in [0.2, 0.25) is 0 Å². The highest BCUT2D eigenvalue weighted by Gasteiger charge is 2.33. The predicted octanol–water partition coefficient (Wildman–Crippen LogP) is 4.59. The summed E-state index contributed by atoms with van der Waals surface area (Å²) >= 11 is 0. The summed E-state index contributed by atoms with van der Waals surface area (Å²) in [6.45, 7) is 0. The topological polar surface area (TPSA) is 99.5 Å². The molecule has 0 amide bonds. The molecule has 28 heavy (non-hydrogen) atoms. The number of nitrogens with zero attached hydrogens (tertiary/aromatic N) is 5. The Hall–Kier alpha value is -4.32. The quantitative estimate of drug-likeness (QED) is 0.765. The molecule has 0 aliphatic heterocycles. The van der Waals surface area contributed by atoms with E-state index >= 15 is 0 Å². The first-order chi connectivity index (χ1) is 13.3. The van der Waals surface area contributed by atoms with E-state index < -0.39 is 17.3 Å². The number of halogens is 3. The number of rotatable bonds is 2. The second-order valence-corrected chi connectivity index (χ2v) is 5.52. The third-order valence-corrected chi connectivity index (χ3v) is 3.70. The minimum atomic E-state index is -4.63. The minimum Gasteiger partial charge on any atom is -0.198 e. The molecule has 0 bridgehead atoms. The average molecular weight is 376 g/mol. The standard InChI is InChI=1S/C20H9F3N5/c21-20(22,23)18-2-1-13(7-16(18)11-26)4-6-28-19-9-14(10-25)8-15(3-5-24)17(19)12-27/h1-2,7-9H,3-4H2/q+1. The molecule has 8 heteroatoms. The molecular formula is C20H9F3N5+. The Bertz CT molecular complexity index is 1160. The number of nitriles is 4. The fourth-order valence-electron chi connectivity index (χ4n) is 2.45. The SMILES string of the molecule is N#CCc1cc(C#N)cc([N+]#CCc2ccc(C(F)(F)F)c(C#N)c2)c1C#N. The van der Waals surface area contributed by atoms with Crippen LogP contribution < -0.4 is 0 Å². The lowest BCUT2D eigenvalue weighted by atomic mass is 10.0. The lowest BCUT2D eigenvalue weighted by Crippen LogP contribution is -2.08. The number of hydrogen-bond acceptors (Lipinski definition) is 4. The molecule has 0 spiro atoms. The monoisotopic (exact) mass is 376 g/mol. The maximum atomic E-state index is 12.8. The Morgan fingerprint density at radius 2 is 1.64 bits per heavy atom. The third-order valence-electron chi connectivity index (χ3n) is 3.70. The lowest BCUT2D eigenvalue weighted by molar-refractivity contribution is -0.137. The Morgan fingerprint density at radius 3 is 2.21 bits per heavy atom. The normalized spacial score (nSPS) is 9.82. The van der Waals surface area contributed by atoms with Crippen LogP contribution in [0, 0.1) is 51.4 Å². The minimum absolute atomic E-state index is 0.0119. The van der Waals surface area contributed by atoms with E-state index in [1.807, 2.05) is 18.2 Å². The molecule has 2 aromatic rings. The lowest BCUT2D eigenvalue weighted by Gasteiger charge is -2.08. The van der Waals surface area contributed by atoms with Gasteiger partial charge < -0.3 is 0 Å². The van der Waals surface area contributed by atoms with Gasteiger partial charge in [-0.1, -0.05) is 6.07 Å². The van der Waals surface area contributed by atoms with Crippen molar-refractivity contribution in [2.45, 2.75) is 19.0 Å². The van der Waals surface area contributed by atoms with Crippen LogP contribution >= 0.6 is 0 Å². The summed E-state index contributed by atoms with van der Waals surface area (Å²) in [6, 6.07) is 15.8. The van der Waals surface area contributed by atoms with Crippen LogP contribution in [-0.4, -0.2) is 0 Å². The van der Waals surface area contributed by atoms with E-state index in [1.165, 1.54) is 24.3 Å².